The van der Waals surface area contributed by atoms with E-state index in [-0.39, 0.29) is 0 Å². The zero-order chi connectivity index (χ0) is 13.8. The third-order valence-electron chi connectivity index (χ3n) is 3.06. The van der Waals surface area contributed by atoms with E-state index in [1.54, 1.807) is 6.07 Å². The van der Waals surface area contributed by atoms with Crippen LogP contribution in [0.3, 0.4) is 0 Å². The van der Waals surface area contributed by atoms with Crippen molar-refractivity contribution in [1.82, 2.24) is 0 Å². The van der Waals surface area contributed by atoms with E-state index >= 15 is 0 Å². The van der Waals surface area contributed by atoms with Crippen LogP contribution >= 0.6 is 27.5 Å². The SMILES string of the molecule is CCCc1cccc(C(O)c2ccc(Br)cc2Cl)c1. The highest BCUT2D eigenvalue weighted by Gasteiger charge is 2.14. The van der Waals surface area contributed by atoms with E-state index in [0.717, 1.165) is 28.4 Å². The van der Waals surface area contributed by atoms with Crippen LogP contribution in [-0.2, 0) is 6.42 Å². The molecule has 0 bridgehead atoms. The van der Waals surface area contributed by atoms with Gasteiger partial charge in [0.15, 0.2) is 0 Å². The molecule has 0 aromatic heterocycles. The number of rotatable bonds is 4. The Morgan fingerprint density at radius 2 is 2.00 bits per heavy atom. The summed E-state index contributed by atoms with van der Waals surface area (Å²) < 4.78 is 0.910. The van der Waals surface area contributed by atoms with Crippen molar-refractivity contribution in [2.75, 3.05) is 0 Å². The minimum absolute atomic E-state index is 0.572. The number of hydrogen-bond donors (Lipinski definition) is 1. The zero-order valence-electron chi connectivity index (χ0n) is 10.7. The maximum Gasteiger partial charge on any atom is 0.105 e. The molecule has 1 N–H and O–H groups in total. The number of aliphatic hydroxyl groups excluding tert-OH is 1. The highest BCUT2D eigenvalue weighted by Crippen LogP contribution is 2.30. The van der Waals surface area contributed by atoms with Gasteiger partial charge in [0.1, 0.15) is 6.10 Å². The van der Waals surface area contributed by atoms with E-state index in [9.17, 15) is 5.11 Å². The minimum atomic E-state index is -0.683. The first-order valence-electron chi connectivity index (χ1n) is 6.33. The van der Waals surface area contributed by atoms with Crippen LogP contribution in [0.1, 0.15) is 36.1 Å². The molecule has 0 aliphatic rings. The fraction of sp³-hybridized carbons (Fsp3) is 0.250. The van der Waals surface area contributed by atoms with E-state index in [4.69, 9.17) is 11.6 Å². The van der Waals surface area contributed by atoms with Crippen LogP contribution in [0.25, 0.3) is 0 Å². The first-order chi connectivity index (χ1) is 9.11. The predicted octanol–water partition coefficient (Wildman–Crippen LogP) is 5.14. The number of aliphatic hydroxyl groups is 1. The summed E-state index contributed by atoms with van der Waals surface area (Å²) in [5, 5.41) is 11.0. The van der Waals surface area contributed by atoms with Gasteiger partial charge in [0.05, 0.1) is 0 Å². The molecule has 0 heterocycles. The van der Waals surface area contributed by atoms with Crippen molar-refractivity contribution >= 4 is 27.5 Å². The molecule has 19 heavy (non-hydrogen) atoms. The topological polar surface area (TPSA) is 20.2 Å². The van der Waals surface area contributed by atoms with Gasteiger partial charge in [-0.3, -0.25) is 0 Å². The van der Waals surface area contributed by atoms with E-state index in [1.165, 1.54) is 5.56 Å². The third-order valence-corrected chi connectivity index (χ3v) is 3.88. The van der Waals surface area contributed by atoms with E-state index < -0.39 is 6.10 Å². The Bertz CT molecular complexity index is 568. The molecule has 0 aliphatic heterocycles. The molecule has 100 valence electrons. The lowest BCUT2D eigenvalue weighted by molar-refractivity contribution is 0.220. The molecule has 1 atom stereocenters. The molecule has 2 rings (SSSR count). The number of halogens is 2. The van der Waals surface area contributed by atoms with E-state index in [1.807, 2.05) is 30.3 Å². The largest absolute Gasteiger partial charge is 0.384 e. The van der Waals surface area contributed by atoms with Gasteiger partial charge in [-0.15, -0.1) is 0 Å². The normalized spacial score (nSPS) is 12.4. The Hall–Kier alpha value is -0.830. The Morgan fingerprint density at radius 1 is 1.21 bits per heavy atom. The summed E-state index contributed by atoms with van der Waals surface area (Å²) >= 11 is 9.55. The zero-order valence-corrected chi connectivity index (χ0v) is 13.1. The molecule has 0 radical (unpaired) electrons. The van der Waals surface area contributed by atoms with Crippen molar-refractivity contribution in [2.45, 2.75) is 25.9 Å². The van der Waals surface area contributed by atoms with Gasteiger partial charge in [-0.05, 0) is 29.7 Å². The molecular formula is C16H16BrClO. The highest BCUT2D eigenvalue weighted by atomic mass is 79.9. The molecule has 2 aromatic rings. The van der Waals surface area contributed by atoms with Crippen molar-refractivity contribution < 1.29 is 5.11 Å². The lowest BCUT2D eigenvalue weighted by Gasteiger charge is -2.14. The Morgan fingerprint density at radius 3 is 2.68 bits per heavy atom. The molecule has 0 spiro atoms. The molecule has 1 nitrogen and oxygen atoms in total. The van der Waals surface area contributed by atoms with Crippen LogP contribution in [0, 0.1) is 0 Å². The third kappa shape index (κ3) is 3.59. The van der Waals surface area contributed by atoms with Gasteiger partial charge >= 0.3 is 0 Å². The fourth-order valence-corrected chi connectivity index (χ4v) is 2.89. The maximum atomic E-state index is 10.5. The van der Waals surface area contributed by atoms with Crippen molar-refractivity contribution in [3.63, 3.8) is 0 Å². The van der Waals surface area contributed by atoms with Crippen LogP contribution < -0.4 is 0 Å². The van der Waals surface area contributed by atoms with Crippen LogP contribution in [0.15, 0.2) is 46.9 Å². The summed E-state index contributed by atoms with van der Waals surface area (Å²) in [4.78, 5) is 0. The Labute approximate surface area is 127 Å². The number of benzene rings is 2. The number of hydrogen-bond acceptors (Lipinski definition) is 1. The molecule has 0 saturated carbocycles. The molecule has 2 aromatic carbocycles. The van der Waals surface area contributed by atoms with Crippen molar-refractivity contribution in [3.8, 4) is 0 Å². The molecule has 0 aliphatic carbocycles. The van der Waals surface area contributed by atoms with Gasteiger partial charge in [0, 0.05) is 15.1 Å². The van der Waals surface area contributed by atoms with Crippen molar-refractivity contribution in [1.29, 1.82) is 0 Å². The summed E-state index contributed by atoms with van der Waals surface area (Å²) in [6.07, 6.45) is 1.44. The van der Waals surface area contributed by atoms with Gasteiger partial charge in [0.25, 0.3) is 0 Å². The second-order valence-electron chi connectivity index (χ2n) is 4.56. The van der Waals surface area contributed by atoms with Gasteiger partial charge in [-0.25, -0.2) is 0 Å². The quantitative estimate of drug-likeness (QED) is 0.818. The molecule has 0 saturated heterocycles. The Balaban J connectivity index is 2.32. The van der Waals surface area contributed by atoms with Crippen LogP contribution in [0.4, 0.5) is 0 Å². The summed E-state index contributed by atoms with van der Waals surface area (Å²) in [6.45, 7) is 2.15. The van der Waals surface area contributed by atoms with Crippen LogP contribution in [0.2, 0.25) is 5.02 Å². The first-order valence-corrected chi connectivity index (χ1v) is 7.50. The number of aryl methyl sites for hydroxylation is 1. The average Bonchev–Trinajstić information content (AvgIpc) is 2.39. The second kappa shape index (κ2) is 6.56. The lowest BCUT2D eigenvalue weighted by Crippen LogP contribution is -2.01. The molecular weight excluding hydrogens is 324 g/mol. The summed E-state index contributed by atoms with van der Waals surface area (Å²) in [6, 6.07) is 13.6. The summed E-state index contributed by atoms with van der Waals surface area (Å²) in [5.74, 6) is 0. The highest BCUT2D eigenvalue weighted by molar-refractivity contribution is 9.10. The summed E-state index contributed by atoms with van der Waals surface area (Å²) in [7, 11) is 0. The average molecular weight is 340 g/mol. The monoisotopic (exact) mass is 338 g/mol. The van der Waals surface area contributed by atoms with E-state index in [0.29, 0.717) is 5.02 Å². The second-order valence-corrected chi connectivity index (χ2v) is 5.89. The van der Waals surface area contributed by atoms with Crippen molar-refractivity contribution in [2.24, 2.45) is 0 Å². The van der Waals surface area contributed by atoms with E-state index in [2.05, 4.69) is 28.9 Å². The minimum Gasteiger partial charge on any atom is -0.384 e. The molecule has 0 fully saturated rings. The standard InChI is InChI=1S/C16H16BrClO/c1-2-4-11-5-3-6-12(9-11)16(19)14-8-7-13(17)10-15(14)18/h3,5-10,16,19H,2,4H2,1H3. The molecule has 0 amide bonds. The Kier molecular flexibility index (Phi) is 5.03. The van der Waals surface area contributed by atoms with Gasteiger partial charge in [-0.2, -0.15) is 0 Å². The lowest BCUT2D eigenvalue weighted by atomic mass is 9.98. The summed E-state index contributed by atoms with van der Waals surface area (Å²) in [5.41, 5.74) is 2.86. The van der Waals surface area contributed by atoms with Crippen molar-refractivity contribution in [3.05, 3.63) is 68.7 Å². The van der Waals surface area contributed by atoms with Gasteiger partial charge in [0.2, 0.25) is 0 Å². The van der Waals surface area contributed by atoms with Crippen LogP contribution in [0.5, 0.6) is 0 Å². The van der Waals surface area contributed by atoms with Crippen LogP contribution in [-0.4, -0.2) is 5.11 Å². The fourth-order valence-electron chi connectivity index (χ4n) is 2.11. The smallest absolute Gasteiger partial charge is 0.105 e. The molecule has 3 heteroatoms. The predicted molar refractivity (Wildman–Crippen MR) is 83.7 cm³/mol. The maximum absolute atomic E-state index is 10.5. The van der Waals surface area contributed by atoms with Gasteiger partial charge in [-0.1, -0.05) is 71.2 Å². The van der Waals surface area contributed by atoms with Gasteiger partial charge < -0.3 is 5.11 Å². The first kappa shape index (κ1) is 14.6. The molecule has 1 unspecified atom stereocenters.